The Hall–Kier alpha value is -0.730. The minimum atomic E-state index is 0.585. The van der Waals surface area contributed by atoms with Crippen LogP contribution in [-0.2, 0) is 5.88 Å². The lowest BCUT2D eigenvalue weighted by Gasteiger charge is -2.21. The molecular formula is C12H19ClN2. The zero-order valence-corrected chi connectivity index (χ0v) is 10.5. The molecule has 2 nitrogen and oxygen atoms in total. The van der Waals surface area contributed by atoms with Crippen LogP contribution in [-0.4, -0.2) is 39.1 Å². The molecule has 3 heteroatoms. The molecule has 1 aromatic rings. The van der Waals surface area contributed by atoms with Crippen LogP contribution in [0.1, 0.15) is 5.56 Å². The van der Waals surface area contributed by atoms with Gasteiger partial charge in [-0.2, -0.15) is 0 Å². The van der Waals surface area contributed by atoms with Gasteiger partial charge in [-0.1, -0.05) is 12.1 Å². The van der Waals surface area contributed by atoms with E-state index in [0.717, 1.165) is 13.1 Å². The summed E-state index contributed by atoms with van der Waals surface area (Å²) in [6.07, 6.45) is 0. The van der Waals surface area contributed by atoms with E-state index in [9.17, 15) is 0 Å². The van der Waals surface area contributed by atoms with E-state index in [4.69, 9.17) is 11.6 Å². The van der Waals surface area contributed by atoms with Gasteiger partial charge in [-0.25, -0.2) is 0 Å². The number of halogens is 1. The van der Waals surface area contributed by atoms with Gasteiger partial charge in [0.2, 0.25) is 0 Å². The Labute approximate surface area is 97.4 Å². The Morgan fingerprint density at radius 2 is 1.60 bits per heavy atom. The summed E-state index contributed by atoms with van der Waals surface area (Å²) in [5.41, 5.74) is 2.41. The van der Waals surface area contributed by atoms with Crippen LogP contribution in [0.4, 0.5) is 5.69 Å². The first-order valence-electron chi connectivity index (χ1n) is 5.14. The van der Waals surface area contributed by atoms with Gasteiger partial charge in [0.1, 0.15) is 0 Å². The first-order chi connectivity index (χ1) is 7.13. The minimum absolute atomic E-state index is 0.585. The normalized spacial score (nSPS) is 10.7. The van der Waals surface area contributed by atoms with Gasteiger partial charge in [0.25, 0.3) is 0 Å². The van der Waals surface area contributed by atoms with Crippen molar-refractivity contribution in [2.75, 3.05) is 39.1 Å². The predicted molar refractivity (Wildman–Crippen MR) is 67.8 cm³/mol. The quantitative estimate of drug-likeness (QED) is 0.712. The van der Waals surface area contributed by atoms with Crippen molar-refractivity contribution in [3.63, 3.8) is 0 Å². The first kappa shape index (κ1) is 12.3. The molecule has 0 saturated heterocycles. The van der Waals surface area contributed by atoms with Gasteiger partial charge in [-0.15, -0.1) is 11.6 Å². The van der Waals surface area contributed by atoms with E-state index >= 15 is 0 Å². The van der Waals surface area contributed by atoms with Crippen LogP contribution in [0.25, 0.3) is 0 Å². The Bertz CT molecular complexity index is 282. The van der Waals surface area contributed by atoms with Crippen molar-refractivity contribution in [3.05, 3.63) is 29.8 Å². The topological polar surface area (TPSA) is 6.48 Å². The first-order valence-corrected chi connectivity index (χ1v) is 5.67. The molecule has 0 aromatic heterocycles. The highest BCUT2D eigenvalue weighted by Crippen LogP contribution is 2.14. The van der Waals surface area contributed by atoms with Crippen LogP contribution >= 0.6 is 11.6 Å². The van der Waals surface area contributed by atoms with Gasteiger partial charge in [0.05, 0.1) is 0 Å². The Balaban J connectivity index is 2.54. The average molecular weight is 227 g/mol. The summed E-state index contributed by atoms with van der Waals surface area (Å²) >= 11 is 5.74. The highest BCUT2D eigenvalue weighted by molar-refractivity contribution is 6.17. The number of hydrogen-bond donors (Lipinski definition) is 0. The van der Waals surface area contributed by atoms with Crippen molar-refractivity contribution in [1.82, 2.24) is 4.90 Å². The molecule has 0 aliphatic rings. The molecule has 0 radical (unpaired) electrons. The average Bonchev–Trinajstić information content (AvgIpc) is 2.26. The van der Waals surface area contributed by atoms with E-state index in [-0.39, 0.29) is 0 Å². The minimum Gasteiger partial charge on any atom is -0.373 e. The number of likely N-dealkylation sites (N-methyl/N-ethyl adjacent to an activating group) is 2. The van der Waals surface area contributed by atoms with Crippen molar-refractivity contribution in [2.45, 2.75) is 5.88 Å². The summed E-state index contributed by atoms with van der Waals surface area (Å²) in [7, 11) is 6.29. The number of benzene rings is 1. The van der Waals surface area contributed by atoms with Gasteiger partial charge in [0.15, 0.2) is 0 Å². The zero-order chi connectivity index (χ0) is 11.3. The zero-order valence-electron chi connectivity index (χ0n) is 9.70. The van der Waals surface area contributed by atoms with Crippen molar-refractivity contribution in [3.8, 4) is 0 Å². The lowest BCUT2D eigenvalue weighted by Crippen LogP contribution is -2.28. The standard InChI is InChI=1S/C12H19ClN2/c1-14(2)8-9-15(3)12-6-4-11(10-13)5-7-12/h4-7H,8-10H2,1-3H3. The maximum absolute atomic E-state index is 5.74. The highest BCUT2D eigenvalue weighted by atomic mass is 35.5. The van der Waals surface area contributed by atoms with E-state index in [0.29, 0.717) is 5.88 Å². The number of nitrogens with zero attached hydrogens (tertiary/aromatic N) is 2. The molecule has 0 N–H and O–H groups in total. The third-order valence-electron chi connectivity index (χ3n) is 2.41. The van der Waals surface area contributed by atoms with Crippen LogP contribution in [0, 0.1) is 0 Å². The molecule has 0 unspecified atom stereocenters. The van der Waals surface area contributed by atoms with Crippen LogP contribution in [0.3, 0.4) is 0 Å². The van der Waals surface area contributed by atoms with E-state index in [2.05, 4.69) is 55.2 Å². The largest absolute Gasteiger partial charge is 0.373 e. The molecule has 0 spiro atoms. The lowest BCUT2D eigenvalue weighted by molar-refractivity contribution is 0.416. The summed E-state index contributed by atoms with van der Waals surface area (Å²) in [4.78, 5) is 4.43. The predicted octanol–water partition coefficient (Wildman–Crippen LogP) is 2.42. The second-order valence-corrected chi connectivity index (χ2v) is 4.29. The molecule has 0 fully saturated rings. The highest BCUT2D eigenvalue weighted by Gasteiger charge is 2.00. The summed E-state index contributed by atoms with van der Waals surface area (Å²) in [5.74, 6) is 0.585. The fourth-order valence-electron chi connectivity index (χ4n) is 1.32. The molecule has 15 heavy (non-hydrogen) atoms. The fraction of sp³-hybridized carbons (Fsp3) is 0.500. The molecule has 1 aromatic carbocycles. The van der Waals surface area contributed by atoms with Crippen molar-refractivity contribution < 1.29 is 0 Å². The van der Waals surface area contributed by atoms with Crippen LogP contribution < -0.4 is 4.90 Å². The van der Waals surface area contributed by atoms with Crippen LogP contribution in [0.15, 0.2) is 24.3 Å². The van der Waals surface area contributed by atoms with Crippen LogP contribution in [0.5, 0.6) is 0 Å². The number of hydrogen-bond acceptors (Lipinski definition) is 2. The molecule has 1 rings (SSSR count). The van der Waals surface area contributed by atoms with E-state index < -0.39 is 0 Å². The SMILES string of the molecule is CN(C)CCN(C)c1ccc(CCl)cc1. The molecule has 0 saturated carbocycles. The summed E-state index contributed by atoms with van der Waals surface area (Å²) in [5, 5.41) is 0. The monoisotopic (exact) mass is 226 g/mol. The summed E-state index contributed by atoms with van der Waals surface area (Å²) in [6.45, 7) is 2.10. The number of alkyl halides is 1. The number of rotatable bonds is 5. The van der Waals surface area contributed by atoms with Gasteiger partial charge in [-0.3, -0.25) is 0 Å². The van der Waals surface area contributed by atoms with Crippen molar-refractivity contribution in [2.24, 2.45) is 0 Å². The summed E-state index contributed by atoms with van der Waals surface area (Å²) < 4.78 is 0. The van der Waals surface area contributed by atoms with Gasteiger partial charge < -0.3 is 9.80 Å². The molecule has 0 aliphatic carbocycles. The van der Waals surface area contributed by atoms with Gasteiger partial charge in [0, 0.05) is 31.7 Å². The smallest absolute Gasteiger partial charge is 0.0474 e. The lowest BCUT2D eigenvalue weighted by atomic mass is 10.2. The van der Waals surface area contributed by atoms with E-state index in [1.54, 1.807) is 0 Å². The molecule has 0 atom stereocenters. The third kappa shape index (κ3) is 4.10. The maximum atomic E-state index is 5.74. The third-order valence-corrected chi connectivity index (χ3v) is 2.72. The maximum Gasteiger partial charge on any atom is 0.0474 e. The van der Waals surface area contributed by atoms with Gasteiger partial charge in [-0.05, 0) is 31.8 Å². The second kappa shape index (κ2) is 5.99. The fourth-order valence-corrected chi connectivity index (χ4v) is 1.50. The Morgan fingerprint density at radius 1 is 1.00 bits per heavy atom. The van der Waals surface area contributed by atoms with Gasteiger partial charge >= 0.3 is 0 Å². The molecule has 0 bridgehead atoms. The molecule has 84 valence electrons. The van der Waals surface area contributed by atoms with Crippen molar-refractivity contribution >= 4 is 17.3 Å². The Kier molecular flexibility index (Phi) is 4.92. The van der Waals surface area contributed by atoms with Crippen molar-refractivity contribution in [1.29, 1.82) is 0 Å². The van der Waals surface area contributed by atoms with E-state index in [1.165, 1.54) is 11.3 Å². The molecule has 0 aliphatic heterocycles. The van der Waals surface area contributed by atoms with E-state index in [1.807, 2.05) is 0 Å². The van der Waals surface area contributed by atoms with Crippen LogP contribution in [0.2, 0.25) is 0 Å². The molecule has 0 amide bonds. The Morgan fingerprint density at radius 3 is 2.07 bits per heavy atom. The number of anilines is 1. The molecule has 0 heterocycles. The molecular weight excluding hydrogens is 208 g/mol. The summed E-state index contributed by atoms with van der Waals surface area (Å²) in [6, 6.07) is 8.39. The second-order valence-electron chi connectivity index (χ2n) is 4.02.